The monoisotopic (exact) mass is 258 g/mol. The first-order valence-corrected chi connectivity index (χ1v) is 2.71. The van der Waals surface area contributed by atoms with Gasteiger partial charge in [0.25, 0.3) is 0 Å². The van der Waals surface area contributed by atoms with Crippen LogP contribution in [0.5, 0.6) is 0 Å². The highest BCUT2D eigenvalue weighted by molar-refractivity contribution is 14.1. The molecule has 9 heavy (non-hydrogen) atoms. The minimum absolute atomic E-state index is 0.612. The van der Waals surface area contributed by atoms with Gasteiger partial charge in [0.05, 0.1) is 0 Å². The second-order valence-electron chi connectivity index (χ2n) is 1.07. The van der Waals surface area contributed by atoms with Gasteiger partial charge in [0.2, 0.25) is 9.66 Å². The molecule has 0 saturated heterocycles. The summed E-state index contributed by atoms with van der Waals surface area (Å²) in [6, 6.07) is 0. The van der Waals surface area contributed by atoms with Crippen molar-refractivity contribution >= 4 is 22.6 Å². The van der Waals surface area contributed by atoms with Gasteiger partial charge in [0, 0.05) is 0 Å². The van der Waals surface area contributed by atoms with E-state index in [0.29, 0.717) is 22.6 Å². The molecule has 0 atom stereocenters. The Bertz CT molecular complexity index is 130. The van der Waals surface area contributed by atoms with Crippen molar-refractivity contribution in [1.82, 2.24) is 0 Å². The average Bonchev–Trinajstić information content (AvgIpc) is 1.62. The molecule has 0 spiro atoms. The molecule has 0 aliphatic rings. The van der Waals surface area contributed by atoms with Crippen molar-refractivity contribution in [3.05, 3.63) is 9.66 Å². The van der Waals surface area contributed by atoms with Crippen LogP contribution in [0.25, 0.3) is 0 Å². The number of allylic oxidation sites excluding steroid dienone is 1. The van der Waals surface area contributed by atoms with Gasteiger partial charge >= 0.3 is 6.18 Å². The summed E-state index contributed by atoms with van der Waals surface area (Å²) in [6.07, 6.45) is -5.19. The minimum Gasteiger partial charge on any atom is -0.198 e. The van der Waals surface area contributed by atoms with Gasteiger partial charge in [-0.15, -0.1) is 0 Å². The number of rotatable bonds is 0. The minimum atomic E-state index is -5.19. The van der Waals surface area contributed by atoms with E-state index in [4.69, 9.17) is 0 Å². The summed E-state index contributed by atoms with van der Waals surface area (Å²) in [5, 5.41) is 0. The van der Waals surface area contributed by atoms with Crippen LogP contribution < -0.4 is 0 Å². The summed E-state index contributed by atoms with van der Waals surface area (Å²) < 4.78 is 54.0. The fourth-order valence-corrected chi connectivity index (χ4v) is 0.413. The number of hydrogen-bond acceptors (Lipinski definition) is 0. The van der Waals surface area contributed by atoms with Crippen molar-refractivity contribution in [2.45, 2.75) is 6.18 Å². The molecule has 0 bridgehead atoms. The molecule has 0 aromatic rings. The van der Waals surface area contributed by atoms with Crippen LogP contribution in [0.4, 0.5) is 22.0 Å². The number of hydrogen-bond donors (Lipinski definition) is 0. The van der Waals surface area contributed by atoms with E-state index in [1.807, 2.05) is 0 Å². The maximum atomic E-state index is 11.4. The highest BCUT2D eigenvalue weighted by Gasteiger charge is 2.37. The van der Waals surface area contributed by atoms with Crippen LogP contribution >= 0.6 is 22.6 Å². The molecule has 0 aliphatic carbocycles. The highest BCUT2D eigenvalue weighted by atomic mass is 127. The lowest BCUT2D eigenvalue weighted by molar-refractivity contribution is -0.110. The van der Waals surface area contributed by atoms with Crippen LogP contribution in [0.1, 0.15) is 0 Å². The topological polar surface area (TPSA) is 0 Å². The third-order valence-corrected chi connectivity index (χ3v) is 0.888. The van der Waals surface area contributed by atoms with E-state index < -0.39 is 15.8 Å². The Morgan fingerprint density at radius 2 is 1.44 bits per heavy atom. The van der Waals surface area contributed by atoms with E-state index in [1.165, 1.54) is 0 Å². The third kappa shape index (κ3) is 2.97. The van der Waals surface area contributed by atoms with Gasteiger partial charge in [0.1, 0.15) is 0 Å². The number of halogens is 6. The van der Waals surface area contributed by atoms with Crippen molar-refractivity contribution in [2.75, 3.05) is 0 Å². The van der Waals surface area contributed by atoms with Crippen molar-refractivity contribution in [2.24, 2.45) is 0 Å². The Morgan fingerprint density at radius 3 is 1.44 bits per heavy atom. The lowest BCUT2D eigenvalue weighted by Gasteiger charge is -1.99. The molecule has 0 aromatic heterocycles. The van der Waals surface area contributed by atoms with Crippen LogP contribution in [-0.2, 0) is 0 Å². The summed E-state index contributed by atoms with van der Waals surface area (Å²) in [5.74, 6) is -2.68. The smallest absolute Gasteiger partial charge is 0.198 e. The summed E-state index contributed by atoms with van der Waals surface area (Å²) in [5.41, 5.74) is 0. The largest absolute Gasteiger partial charge is 0.446 e. The average molecular weight is 258 g/mol. The molecule has 0 amide bonds. The zero-order valence-electron chi connectivity index (χ0n) is 3.77. The van der Waals surface area contributed by atoms with Crippen molar-refractivity contribution in [3.8, 4) is 0 Å². The molecule has 0 N–H and O–H groups in total. The molecule has 0 aromatic carbocycles. The fraction of sp³-hybridized carbons (Fsp3) is 0.333. The standard InChI is InChI=1S/C3F5I/c4-1(2(5)9)3(6,7)8/b2-1+. The maximum Gasteiger partial charge on any atom is 0.446 e. The van der Waals surface area contributed by atoms with Gasteiger partial charge in [-0.05, 0) is 22.6 Å². The molecule has 0 fully saturated rings. The van der Waals surface area contributed by atoms with E-state index in [-0.39, 0.29) is 0 Å². The lowest BCUT2D eigenvalue weighted by Crippen LogP contribution is -2.07. The Balaban J connectivity index is 4.40. The van der Waals surface area contributed by atoms with Gasteiger partial charge in [-0.2, -0.15) is 22.0 Å². The van der Waals surface area contributed by atoms with Crippen molar-refractivity contribution in [3.63, 3.8) is 0 Å². The van der Waals surface area contributed by atoms with Gasteiger partial charge in [-0.3, -0.25) is 0 Å². The first kappa shape index (κ1) is 9.12. The van der Waals surface area contributed by atoms with Crippen LogP contribution in [0, 0.1) is 0 Å². The van der Waals surface area contributed by atoms with Crippen LogP contribution in [0.15, 0.2) is 9.66 Å². The van der Waals surface area contributed by atoms with E-state index in [9.17, 15) is 22.0 Å². The fourth-order valence-electron chi connectivity index (χ4n) is 0.107. The van der Waals surface area contributed by atoms with Crippen LogP contribution in [0.2, 0.25) is 0 Å². The summed E-state index contributed by atoms with van der Waals surface area (Å²) >= 11 is 0.612. The van der Waals surface area contributed by atoms with Gasteiger partial charge in [-0.25, -0.2) is 0 Å². The first-order valence-electron chi connectivity index (χ1n) is 1.63. The summed E-state index contributed by atoms with van der Waals surface area (Å²) in [7, 11) is 0. The van der Waals surface area contributed by atoms with Crippen LogP contribution in [-0.4, -0.2) is 6.18 Å². The van der Waals surface area contributed by atoms with E-state index in [1.54, 1.807) is 0 Å². The quantitative estimate of drug-likeness (QED) is 0.462. The SMILES string of the molecule is F/C(I)=C(\F)C(F)(F)F. The molecular formula is C3F5I. The van der Waals surface area contributed by atoms with E-state index in [2.05, 4.69) is 0 Å². The Kier molecular flexibility index (Phi) is 2.84. The molecule has 0 rings (SSSR count). The molecule has 0 aliphatic heterocycles. The third-order valence-electron chi connectivity index (χ3n) is 0.415. The van der Waals surface area contributed by atoms with Crippen molar-refractivity contribution in [1.29, 1.82) is 0 Å². The van der Waals surface area contributed by atoms with Crippen LogP contribution in [0.3, 0.4) is 0 Å². The summed E-state index contributed by atoms with van der Waals surface area (Å²) in [4.78, 5) is 0. The normalized spacial score (nSPS) is 15.3. The number of alkyl halides is 3. The summed E-state index contributed by atoms with van der Waals surface area (Å²) in [6.45, 7) is 0. The molecule has 54 valence electrons. The van der Waals surface area contributed by atoms with Gasteiger partial charge < -0.3 is 0 Å². The lowest BCUT2D eigenvalue weighted by atomic mass is 10.6. The molecule has 0 heterocycles. The molecule has 6 heteroatoms. The van der Waals surface area contributed by atoms with E-state index in [0.717, 1.165) is 0 Å². The predicted molar refractivity (Wildman–Crippen MR) is 29.3 cm³/mol. The molecular weight excluding hydrogens is 258 g/mol. The van der Waals surface area contributed by atoms with E-state index >= 15 is 0 Å². The molecule has 0 nitrogen and oxygen atoms in total. The first-order chi connectivity index (χ1) is 3.85. The molecule has 0 saturated carbocycles. The highest BCUT2D eigenvalue weighted by Crippen LogP contribution is 2.31. The zero-order valence-corrected chi connectivity index (χ0v) is 5.93. The van der Waals surface area contributed by atoms with Gasteiger partial charge in [-0.1, -0.05) is 0 Å². The van der Waals surface area contributed by atoms with Crippen molar-refractivity contribution < 1.29 is 22.0 Å². The zero-order chi connectivity index (χ0) is 7.65. The second kappa shape index (κ2) is 2.80. The Morgan fingerprint density at radius 1 is 1.11 bits per heavy atom. The Hall–Kier alpha value is 0.120. The molecule has 0 unspecified atom stereocenters. The predicted octanol–water partition coefficient (Wildman–Crippen LogP) is 3.09. The molecule has 0 radical (unpaired) electrons. The second-order valence-corrected chi connectivity index (χ2v) is 2.02. The maximum absolute atomic E-state index is 11.4. The van der Waals surface area contributed by atoms with Gasteiger partial charge in [0.15, 0.2) is 0 Å². The Labute approximate surface area is 60.9 Å².